The molecule has 0 saturated heterocycles. The molecule has 212 valence electrons. The molecule has 2 rings (SSSR count). The van der Waals surface area contributed by atoms with Crippen molar-refractivity contribution in [2.75, 3.05) is 27.4 Å². The van der Waals surface area contributed by atoms with Gasteiger partial charge in [-0.05, 0) is 80.4 Å². The van der Waals surface area contributed by atoms with Crippen molar-refractivity contribution in [1.29, 1.82) is 0 Å². The van der Waals surface area contributed by atoms with E-state index in [1.54, 1.807) is 14.2 Å². The summed E-state index contributed by atoms with van der Waals surface area (Å²) in [6, 6.07) is 5.86. The summed E-state index contributed by atoms with van der Waals surface area (Å²) in [5.74, 6) is 2.63. The van der Waals surface area contributed by atoms with Crippen molar-refractivity contribution < 1.29 is 24.1 Å². The van der Waals surface area contributed by atoms with E-state index >= 15 is 0 Å². The molecular weight excluding hydrogens is 468 g/mol. The lowest BCUT2D eigenvalue weighted by molar-refractivity contribution is -0.128. The zero-order valence-electron chi connectivity index (χ0n) is 24.2. The molecule has 0 bridgehead atoms. The smallest absolute Gasteiger partial charge is 0.223 e. The standard InChI is InChI=1S/C30H52N2O5/c1-19(2)24(15-22-9-12-28(36-7)29(16-22)37-14-8-13-35-6)17-26(31)27(33)18-25(20(3)4)30(34)32-21(5)23-10-11-23/h9,12,16,19-21,23-27,33H,8,10-11,13-15,17-18,31H2,1-7H3,(H,32,34)/t21-,24-,25-,26-,27-/m0/s1. The molecule has 1 aromatic rings. The molecule has 7 heteroatoms. The molecule has 0 aromatic heterocycles. The zero-order valence-corrected chi connectivity index (χ0v) is 24.2. The van der Waals surface area contributed by atoms with Crippen LogP contribution in [0.1, 0.15) is 72.3 Å². The summed E-state index contributed by atoms with van der Waals surface area (Å²) < 4.78 is 16.5. The van der Waals surface area contributed by atoms with Gasteiger partial charge in [0.05, 0.1) is 19.8 Å². The van der Waals surface area contributed by atoms with Crippen molar-refractivity contribution in [3.63, 3.8) is 0 Å². The number of carbonyl (C=O) groups excluding carboxylic acids is 1. The highest BCUT2D eigenvalue weighted by Gasteiger charge is 2.33. The van der Waals surface area contributed by atoms with Crippen LogP contribution < -0.4 is 20.5 Å². The van der Waals surface area contributed by atoms with E-state index in [2.05, 4.69) is 32.2 Å². The Morgan fingerprint density at radius 1 is 1.05 bits per heavy atom. The molecule has 1 amide bonds. The van der Waals surface area contributed by atoms with Crippen LogP contribution in [-0.2, 0) is 16.0 Å². The fourth-order valence-corrected chi connectivity index (χ4v) is 4.91. The van der Waals surface area contributed by atoms with Crippen LogP contribution in [-0.4, -0.2) is 56.6 Å². The maximum atomic E-state index is 13.0. The molecule has 4 N–H and O–H groups in total. The van der Waals surface area contributed by atoms with E-state index in [4.69, 9.17) is 19.9 Å². The van der Waals surface area contributed by atoms with Gasteiger partial charge in [0.25, 0.3) is 0 Å². The van der Waals surface area contributed by atoms with Crippen molar-refractivity contribution in [1.82, 2.24) is 5.32 Å². The quantitative estimate of drug-likeness (QED) is 0.245. The highest BCUT2D eigenvalue weighted by molar-refractivity contribution is 5.79. The highest BCUT2D eigenvalue weighted by Crippen LogP contribution is 2.33. The van der Waals surface area contributed by atoms with E-state index in [0.717, 1.165) is 24.2 Å². The van der Waals surface area contributed by atoms with Gasteiger partial charge in [0.1, 0.15) is 0 Å². The third-order valence-corrected chi connectivity index (χ3v) is 7.82. The van der Waals surface area contributed by atoms with Crippen LogP contribution in [0.3, 0.4) is 0 Å². The Bertz CT molecular complexity index is 811. The molecule has 1 aromatic carbocycles. The number of methoxy groups -OCH3 is 2. The molecule has 1 fully saturated rings. The first kappa shape index (κ1) is 31.4. The second kappa shape index (κ2) is 15.6. The van der Waals surface area contributed by atoms with E-state index in [1.807, 2.05) is 26.0 Å². The predicted octanol–water partition coefficient (Wildman–Crippen LogP) is 4.58. The van der Waals surface area contributed by atoms with Gasteiger partial charge in [-0.1, -0.05) is 33.8 Å². The van der Waals surface area contributed by atoms with Crippen LogP contribution in [0.4, 0.5) is 0 Å². The van der Waals surface area contributed by atoms with E-state index in [0.29, 0.717) is 43.6 Å². The van der Waals surface area contributed by atoms with Gasteiger partial charge in [-0.25, -0.2) is 0 Å². The maximum Gasteiger partial charge on any atom is 0.223 e. The third-order valence-electron chi connectivity index (χ3n) is 7.82. The average molecular weight is 521 g/mol. The minimum absolute atomic E-state index is 0.0392. The number of nitrogens with one attached hydrogen (secondary N) is 1. The number of aliphatic hydroxyl groups excluding tert-OH is 1. The average Bonchev–Trinajstić information content (AvgIpc) is 3.70. The topological polar surface area (TPSA) is 103 Å². The number of nitrogens with two attached hydrogens (primary N) is 1. The summed E-state index contributed by atoms with van der Waals surface area (Å²) in [5.41, 5.74) is 7.70. The molecular formula is C30H52N2O5. The van der Waals surface area contributed by atoms with Crippen molar-refractivity contribution in [3.8, 4) is 11.5 Å². The molecule has 0 unspecified atom stereocenters. The fourth-order valence-electron chi connectivity index (χ4n) is 4.91. The first-order valence-electron chi connectivity index (χ1n) is 14.1. The number of ether oxygens (including phenoxy) is 3. The van der Waals surface area contributed by atoms with Gasteiger partial charge in [0.2, 0.25) is 5.91 Å². The van der Waals surface area contributed by atoms with Gasteiger partial charge >= 0.3 is 0 Å². The van der Waals surface area contributed by atoms with Crippen molar-refractivity contribution in [2.45, 2.75) is 91.3 Å². The van der Waals surface area contributed by atoms with Crippen LogP contribution in [0, 0.1) is 29.6 Å². The maximum absolute atomic E-state index is 13.0. The number of aliphatic hydroxyl groups is 1. The Balaban J connectivity index is 2.00. The van der Waals surface area contributed by atoms with Crippen LogP contribution >= 0.6 is 0 Å². The third kappa shape index (κ3) is 10.5. The Morgan fingerprint density at radius 2 is 1.76 bits per heavy atom. The predicted molar refractivity (Wildman–Crippen MR) is 149 cm³/mol. The minimum Gasteiger partial charge on any atom is -0.493 e. The highest BCUT2D eigenvalue weighted by atomic mass is 16.5. The largest absolute Gasteiger partial charge is 0.493 e. The van der Waals surface area contributed by atoms with Crippen LogP contribution in [0.25, 0.3) is 0 Å². The van der Waals surface area contributed by atoms with Gasteiger partial charge in [0, 0.05) is 38.1 Å². The van der Waals surface area contributed by atoms with Gasteiger partial charge in [-0.15, -0.1) is 0 Å². The number of amides is 1. The number of carbonyl (C=O) groups is 1. The molecule has 0 spiro atoms. The summed E-state index contributed by atoms with van der Waals surface area (Å²) >= 11 is 0. The van der Waals surface area contributed by atoms with E-state index in [9.17, 15) is 9.90 Å². The van der Waals surface area contributed by atoms with Crippen molar-refractivity contribution in [3.05, 3.63) is 23.8 Å². The van der Waals surface area contributed by atoms with Gasteiger partial charge in [-0.3, -0.25) is 4.79 Å². The lowest BCUT2D eigenvalue weighted by atomic mass is 9.80. The van der Waals surface area contributed by atoms with Gasteiger partial charge in [-0.2, -0.15) is 0 Å². The molecule has 7 nitrogen and oxygen atoms in total. The Labute approximate surface area is 224 Å². The van der Waals surface area contributed by atoms with E-state index < -0.39 is 12.1 Å². The van der Waals surface area contributed by atoms with Crippen LogP contribution in [0.2, 0.25) is 0 Å². The lowest BCUT2D eigenvalue weighted by Crippen LogP contribution is -2.44. The first-order valence-corrected chi connectivity index (χ1v) is 14.1. The van der Waals surface area contributed by atoms with Gasteiger partial charge < -0.3 is 30.4 Å². The second-order valence-electron chi connectivity index (χ2n) is 11.6. The van der Waals surface area contributed by atoms with Gasteiger partial charge in [0.15, 0.2) is 11.5 Å². The SMILES string of the molecule is COCCCOc1cc(C[C@@H](C[C@H](N)[C@@H](O)C[C@H](C(=O)N[C@@H](C)C2CC2)C(C)C)C(C)C)ccc1OC. The Hall–Kier alpha value is -1.83. The molecule has 5 atom stereocenters. The van der Waals surface area contributed by atoms with E-state index in [-0.39, 0.29) is 29.7 Å². The molecule has 1 saturated carbocycles. The van der Waals surface area contributed by atoms with Crippen molar-refractivity contribution >= 4 is 5.91 Å². The molecule has 1 aliphatic carbocycles. The lowest BCUT2D eigenvalue weighted by Gasteiger charge is -2.30. The summed E-state index contributed by atoms with van der Waals surface area (Å²) in [7, 11) is 3.33. The summed E-state index contributed by atoms with van der Waals surface area (Å²) in [4.78, 5) is 13.0. The van der Waals surface area contributed by atoms with Crippen LogP contribution in [0.5, 0.6) is 11.5 Å². The van der Waals surface area contributed by atoms with E-state index in [1.165, 1.54) is 12.8 Å². The van der Waals surface area contributed by atoms with Crippen LogP contribution in [0.15, 0.2) is 18.2 Å². The fraction of sp³-hybridized carbons (Fsp3) is 0.767. The second-order valence-corrected chi connectivity index (χ2v) is 11.6. The molecule has 1 aliphatic rings. The number of hydrogen-bond donors (Lipinski definition) is 3. The minimum atomic E-state index is -0.730. The summed E-state index contributed by atoms with van der Waals surface area (Å²) in [6.07, 6.45) is 4.34. The normalized spacial score (nSPS) is 17.8. The molecule has 0 radical (unpaired) electrons. The Morgan fingerprint density at radius 3 is 2.32 bits per heavy atom. The molecule has 0 aliphatic heterocycles. The molecule has 37 heavy (non-hydrogen) atoms. The van der Waals surface area contributed by atoms with Crippen molar-refractivity contribution in [2.24, 2.45) is 35.3 Å². The summed E-state index contributed by atoms with van der Waals surface area (Å²) in [6.45, 7) is 11.8. The number of hydrogen-bond acceptors (Lipinski definition) is 6. The zero-order chi connectivity index (χ0) is 27.5. The summed E-state index contributed by atoms with van der Waals surface area (Å²) in [5, 5.41) is 14.2. The number of rotatable bonds is 18. The monoisotopic (exact) mass is 520 g/mol. The molecule has 0 heterocycles. The number of benzene rings is 1. The Kier molecular flexibility index (Phi) is 13.2. The first-order chi connectivity index (χ1) is 17.6.